The van der Waals surface area contributed by atoms with Gasteiger partial charge in [0.2, 0.25) is 0 Å². The zero-order valence-electron chi connectivity index (χ0n) is 17.9. The van der Waals surface area contributed by atoms with Gasteiger partial charge in [-0.3, -0.25) is 14.5 Å². The van der Waals surface area contributed by atoms with Gasteiger partial charge in [0, 0.05) is 23.3 Å². The van der Waals surface area contributed by atoms with Crippen molar-refractivity contribution in [1.29, 1.82) is 0 Å². The molecule has 0 saturated heterocycles. The van der Waals surface area contributed by atoms with Crippen LogP contribution in [0.5, 0.6) is 5.75 Å². The van der Waals surface area contributed by atoms with Gasteiger partial charge in [0.05, 0.1) is 24.5 Å². The third-order valence-electron chi connectivity index (χ3n) is 6.11. The van der Waals surface area contributed by atoms with Gasteiger partial charge in [0.1, 0.15) is 5.75 Å². The minimum atomic E-state index is -0.535. The van der Waals surface area contributed by atoms with Gasteiger partial charge in [-0.05, 0) is 54.8 Å². The number of carbonyl (C=O) groups is 2. The molecule has 1 amide bonds. The number of amides is 1. The molecule has 160 valence electrons. The first-order chi connectivity index (χ1) is 15.7. The molecule has 0 saturated carbocycles. The minimum absolute atomic E-state index is 0.0817. The summed E-state index contributed by atoms with van der Waals surface area (Å²) in [6.45, 7) is 0. The number of hydrogen-bond donors (Lipinski definition) is 1. The molecule has 5 rings (SSSR count). The van der Waals surface area contributed by atoms with E-state index in [4.69, 9.17) is 4.74 Å². The van der Waals surface area contributed by atoms with Crippen LogP contribution in [-0.4, -0.2) is 18.8 Å². The molecule has 0 spiro atoms. The number of ketones is 1. The summed E-state index contributed by atoms with van der Waals surface area (Å²) in [5, 5.41) is 3.49. The second kappa shape index (κ2) is 8.35. The summed E-state index contributed by atoms with van der Waals surface area (Å²) in [6, 6.07) is 24.1. The van der Waals surface area contributed by atoms with Crippen molar-refractivity contribution < 1.29 is 14.3 Å². The number of nitrogens with zero attached hydrogens (tertiary/aromatic N) is 1. The van der Waals surface area contributed by atoms with Crippen LogP contribution < -0.4 is 15.0 Å². The lowest BCUT2D eigenvalue weighted by molar-refractivity contribution is -0.116. The van der Waals surface area contributed by atoms with E-state index in [1.165, 1.54) is 0 Å². The van der Waals surface area contributed by atoms with E-state index in [1.54, 1.807) is 12.0 Å². The molecule has 0 unspecified atom stereocenters. The number of rotatable bonds is 3. The molecule has 1 aliphatic heterocycles. The lowest BCUT2D eigenvalue weighted by Crippen LogP contribution is -2.38. The summed E-state index contributed by atoms with van der Waals surface area (Å²) in [7, 11) is 1.62. The molecular formula is C27H24N2O3. The lowest BCUT2D eigenvalue weighted by Gasteiger charge is -2.34. The number of ether oxygens (including phenoxy) is 1. The van der Waals surface area contributed by atoms with Crippen LogP contribution in [0.2, 0.25) is 0 Å². The Bertz CT molecular complexity index is 1200. The van der Waals surface area contributed by atoms with Crippen molar-refractivity contribution >= 4 is 23.1 Å². The molecule has 3 aromatic carbocycles. The molecule has 3 aromatic rings. The Morgan fingerprint density at radius 3 is 2.41 bits per heavy atom. The number of anilines is 2. The zero-order chi connectivity index (χ0) is 22.1. The second-order valence-electron chi connectivity index (χ2n) is 8.03. The van der Waals surface area contributed by atoms with E-state index in [9.17, 15) is 9.59 Å². The fraction of sp³-hybridized carbons (Fsp3) is 0.185. The SMILES string of the molecule is COc1ccc([C@@H]2C3=C(CCCC3=O)Nc3ccccc3N2C(=O)c2ccccc2)cc1. The van der Waals surface area contributed by atoms with Gasteiger partial charge in [-0.1, -0.05) is 42.5 Å². The number of para-hydroxylation sites is 2. The van der Waals surface area contributed by atoms with E-state index in [2.05, 4.69) is 5.32 Å². The van der Waals surface area contributed by atoms with Crippen molar-refractivity contribution in [3.05, 3.63) is 101 Å². The minimum Gasteiger partial charge on any atom is -0.497 e. The van der Waals surface area contributed by atoms with Crippen LogP contribution in [0.3, 0.4) is 0 Å². The van der Waals surface area contributed by atoms with Gasteiger partial charge in [0.15, 0.2) is 5.78 Å². The Labute approximate surface area is 187 Å². The van der Waals surface area contributed by atoms with Crippen LogP contribution >= 0.6 is 0 Å². The van der Waals surface area contributed by atoms with Gasteiger partial charge >= 0.3 is 0 Å². The molecule has 0 radical (unpaired) electrons. The monoisotopic (exact) mass is 424 g/mol. The third-order valence-corrected chi connectivity index (χ3v) is 6.11. The summed E-state index contributed by atoms with van der Waals surface area (Å²) in [5.74, 6) is 0.664. The Hall–Kier alpha value is -3.86. The molecular weight excluding hydrogens is 400 g/mol. The highest BCUT2D eigenvalue weighted by molar-refractivity contribution is 6.11. The van der Waals surface area contributed by atoms with E-state index in [1.807, 2.05) is 78.9 Å². The number of fused-ring (bicyclic) bond motifs is 1. The first-order valence-corrected chi connectivity index (χ1v) is 10.8. The highest BCUT2D eigenvalue weighted by atomic mass is 16.5. The van der Waals surface area contributed by atoms with Gasteiger partial charge in [-0.15, -0.1) is 0 Å². The fourth-order valence-corrected chi connectivity index (χ4v) is 4.58. The number of carbonyl (C=O) groups excluding carboxylic acids is 2. The van der Waals surface area contributed by atoms with E-state index >= 15 is 0 Å². The Kier molecular flexibility index (Phi) is 5.23. The van der Waals surface area contributed by atoms with E-state index in [0.29, 0.717) is 17.6 Å². The van der Waals surface area contributed by atoms with Gasteiger partial charge in [0.25, 0.3) is 5.91 Å². The zero-order valence-corrected chi connectivity index (χ0v) is 17.9. The van der Waals surface area contributed by atoms with Gasteiger partial charge in [-0.2, -0.15) is 0 Å². The first kappa shape index (κ1) is 20.1. The summed E-state index contributed by atoms with van der Waals surface area (Å²) in [4.78, 5) is 29.0. The average Bonchev–Trinajstić information content (AvgIpc) is 2.99. The predicted octanol–water partition coefficient (Wildman–Crippen LogP) is 5.52. The Morgan fingerprint density at radius 2 is 1.66 bits per heavy atom. The maximum absolute atomic E-state index is 13.9. The number of methoxy groups -OCH3 is 1. The number of nitrogens with one attached hydrogen (secondary N) is 1. The van der Waals surface area contributed by atoms with E-state index in [-0.39, 0.29) is 11.7 Å². The molecule has 0 bridgehead atoms. The molecule has 0 fully saturated rings. The number of benzene rings is 3. The standard InChI is InChI=1S/C27H24N2O3/c1-32-20-16-14-18(15-17-20)26-25-22(11-7-13-24(25)30)28-21-10-5-6-12-23(21)29(26)27(31)19-8-3-2-4-9-19/h2-6,8-10,12,14-17,26,28H,7,11,13H2,1H3/t26-/m1/s1. The van der Waals surface area contributed by atoms with Crippen molar-refractivity contribution in [3.8, 4) is 5.75 Å². The van der Waals surface area contributed by atoms with Crippen LogP contribution in [0, 0.1) is 0 Å². The molecule has 32 heavy (non-hydrogen) atoms. The molecule has 1 atom stereocenters. The highest BCUT2D eigenvalue weighted by Gasteiger charge is 2.39. The topological polar surface area (TPSA) is 58.6 Å². The second-order valence-corrected chi connectivity index (χ2v) is 8.03. The van der Waals surface area contributed by atoms with Crippen LogP contribution in [0.4, 0.5) is 11.4 Å². The van der Waals surface area contributed by atoms with Crippen LogP contribution in [0.1, 0.15) is 41.2 Å². The molecule has 0 aromatic heterocycles. The molecule has 2 aliphatic rings. The van der Waals surface area contributed by atoms with E-state index in [0.717, 1.165) is 41.2 Å². The van der Waals surface area contributed by atoms with Crippen molar-refractivity contribution in [3.63, 3.8) is 0 Å². The molecule has 5 nitrogen and oxygen atoms in total. The van der Waals surface area contributed by atoms with Gasteiger partial charge in [-0.25, -0.2) is 0 Å². The number of hydrogen-bond acceptors (Lipinski definition) is 4. The largest absolute Gasteiger partial charge is 0.497 e. The quantitative estimate of drug-likeness (QED) is 0.602. The summed E-state index contributed by atoms with van der Waals surface area (Å²) >= 11 is 0. The van der Waals surface area contributed by atoms with Crippen molar-refractivity contribution in [2.75, 3.05) is 17.3 Å². The van der Waals surface area contributed by atoms with E-state index < -0.39 is 6.04 Å². The number of allylic oxidation sites excluding steroid dienone is 1. The van der Waals surface area contributed by atoms with Crippen LogP contribution in [0.15, 0.2) is 90.1 Å². The Morgan fingerprint density at radius 1 is 0.938 bits per heavy atom. The van der Waals surface area contributed by atoms with Crippen LogP contribution in [0.25, 0.3) is 0 Å². The molecule has 5 heteroatoms. The fourth-order valence-electron chi connectivity index (χ4n) is 4.58. The van der Waals surface area contributed by atoms with Crippen LogP contribution in [-0.2, 0) is 4.79 Å². The molecule has 1 N–H and O–H groups in total. The van der Waals surface area contributed by atoms with Gasteiger partial charge < -0.3 is 10.1 Å². The summed E-state index contributed by atoms with van der Waals surface area (Å²) < 4.78 is 5.34. The third kappa shape index (κ3) is 3.46. The van der Waals surface area contributed by atoms with Crippen molar-refractivity contribution in [2.24, 2.45) is 0 Å². The highest BCUT2D eigenvalue weighted by Crippen LogP contribution is 2.45. The smallest absolute Gasteiger partial charge is 0.259 e. The summed E-state index contributed by atoms with van der Waals surface area (Å²) in [5.41, 5.74) is 4.60. The maximum Gasteiger partial charge on any atom is 0.259 e. The number of Topliss-reactive ketones (excluding diaryl/α,β-unsaturated/α-hetero) is 1. The average molecular weight is 425 g/mol. The maximum atomic E-state index is 13.9. The molecule has 1 aliphatic carbocycles. The molecule has 1 heterocycles. The summed E-state index contributed by atoms with van der Waals surface area (Å²) in [6.07, 6.45) is 2.06. The predicted molar refractivity (Wildman–Crippen MR) is 125 cm³/mol. The first-order valence-electron chi connectivity index (χ1n) is 10.8. The Balaban J connectivity index is 1.76. The van der Waals surface area contributed by atoms with Crippen molar-refractivity contribution in [1.82, 2.24) is 0 Å². The lowest BCUT2D eigenvalue weighted by atomic mass is 9.85. The normalized spacial score (nSPS) is 17.7. The van der Waals surface area contributed by atoms with Crippen molar-refractivity contribution in [2.45, 2.75) is 25.3 Å².